The van der Waals surface area contributed by atoms with Crippen LogP contribution in [0.25, 0.3) is 10.8 Å². The third-order valence-electron chi connectivity index (χ3n) is 5.17. The van der Waals surface area contributed by atoms with Gasteiger partial charge in [-0.3, -0.25) is 4.79 Å². The molecule has 0 bridgehead atoms. The van der Waals surface area contributed by atoms with E-state index in [9.17, 15) is 4.79 Å². The highest BCUT2D eigenvalue weighted by Crippen LogP contribution is 2.52. The van der Waals surface area contributed by atoms with Crippen molar-refractivity contribution in [2.75, 3.05) is 14.2 Å². The van der Waals surface area contributed by atoms with Crippen molar-refractivity contribution in [2.45, 2.75) is 40.2 Å². The molecule has 0 radical (unpaired) electrons. The molecule has 0 aromatic heterocycles. The van der Waals surface area contributed by atoms with E-state index in [-0.39, 0.29) is 6.10 Å². The Balaban J connectivity index is 2.20. The number of rotatable bonds is 7. The minimum Gasteiger partial charge on any atom is -0.490 e. The normalized spacial score (nSPS) is 11.8. The number of ether oxygens (including phenoxy) is 4. The van der Waals surface area contributed by atoms with Gasteiger partial charge in [-0.25, -0.2) is 0 Å². The summed E-state index contributed by atoms with van der Waals surface area (Å²) in [4.78, 5) is 11.8. The summed E-state index contributed by atoms with van der Waals surface area (Å²) in [5.74, 6) is 1.18. The fraction of sp³-hybridized carbons (Fsp3) is 0.320. The van der Waals surface area contributed by atoms with Gasteiger partial charge in [-0.2, -0.15) is 0 Å². The Morgan fingerprint density at radius 2 is 1.57 bits per heavy atom. The van der Waals surface area contributed by atoms with E-state index in [1.165, 1.54) is 19.6 Å². The first kappa shape index (κ1) is 21.5. The van der Waals surface area contributed by atoms with Crippen LogP contribution in [0.4, 0.5) is 0 Å². The number of esters is 1. The van der Waals surface area contributed by atoms with Crippen LogP contribution in [0.1, 0.15) is 43.6 Å². The molecule has 158 valence electrons. The zero-order valence-corrected chi connectivity index (χ0v) is 18.4. The van der Waals surface area contributed by atoms with E-state index in [0.717, 1.165) is 28.3 Å². The highest BCUT2D eigenvalue weighted by molar-refractivity contribution is 6.01. The lowest BCUT2D eigenvalue weighted by molar-refractivity contribution is -0.131. The van der Waals surface area contributed by atoms with Gasteiger partial charge in [0.2, 0.25) is 11.5 Å². The maximum atomic E-state index is 11.8. The second-order valence-corrected chi connectivity index (χ2v) is 7.17. The minimum atomic E-state index is -0.434. The molecule has 0 aliphatic heterocycles. The average molecular weight is 408 g/mol. The lowest BCUT2D eigenvalue weighted by Crippen LogP contribution is -2.09. The summed E-state index contributed by atoms with van der Waals surface area (Å²) in [5, 5.41) is 1.55. The first-order valence-corrected chi connectivity index (χ1v) is 10.0. The van der Waals surface area contributed by atoms with E-state index in [4.69, 9.17) is 18.9 Å². The molecule has 3 aromatic carbocycles. The Labute approximate surface area is 177 Å². The highest BCUT2D eigenvalue weighted by atomic mass is 16.6. The van der Waals surface area contributed by atoms with Crippen molar-refractivity contribution in [3.8, 4) is 23.0 Å². The molecular formula is C25H28O5. The van der Waals surface area contributed by atoms with Crippen LogP contribution in [0.15, 0.2) is 42.5 Å². The minimum absolute atomic E-state index is 0.225. The third kappa shape index (κ3) is 4.06. The van der Waals surface area contributed by atoms with Gasteiger partial charge in [0.05, 0.1) is 14.2 Å². The summed E-state index contributed by atoms with van der Waals surface area (Å²) < 4.78 is 23.2. The van der Waals surface area contributed by atoms with Crippen molar-refractivity contribution in [1.29, 1.82) is 0 Å². The fourth-order valence-electron chi connectivity index (χ4n) is 3.60. The van der Waals surface area contributed by atoms with Gasteiger partial charge >= 0.3 is 5.97 Å². The molecule has 0 N–H and O–H groups in total. The van der Waals surface area contributed by atoms with Crippen LogP contribution < -0.4 is 18.9 Å². The molecule has 3 aromatic rings. The molecule has 1 atom stereocenters. The number of carbonyl (C=O) groups excluding carboxylic acids is 1. The predicted molar refractivity (Wildman–Crippen MR) is 118 cm³/mol. The second-order valence-electron chi connectivity index (χ2n) is 7.17. The molecule has 5 nitrogen and oxygen atoms in total. The van der Waals surface area contributed by atoms with E-state index in [0.29, 0.717) is 23.0 Å². The number of fused-ring (bicyclic) bond motifs is 1. The molecule has 0 saturated carbocycles. The van der Waals surface area contributed by atoms with Crippen molar-refractivity contribution >= 4 is 16.7 Å². The summed E-state index contributed by atoms with van der Waals surface area (Å²) in [6, 6.07) is 14.2. The van der Waals surface area contributed by atoms with Crippen LogP contribution in [-0.2, 0) is 11.2 Å². The Morgan fingerprint density at radius 3 is 2.13 bits per heavy atom. The molecule has 0 saturated heterocycles. The standard InChI is InChI=1S/C25H28O5/c1-7-18-11-13-19(14-12-18)16(3)29-23-21-15(2)9-8-10-20(21)22(30-17(4)26)24(27-5)25(23)28-6/h8-14,16H,7H2,1-6H3. The molecule has 0 spiro atoms. The van der Waals surface area contributed by atoms with Gasteiger partial charge in [0.15, 0.2) is 11.5 Å². The Kier molecular flexibility index (Phi) is 6.50. The predicted octanol–water partition coefficient (Wildman–Crippen LogP) is 5.79. The Morgan fingerprint density at radius 1 is 0.933 bits per heavy atom. The SMILES string of the molecule is CCc1ccc(C(C)Oc2c(OC)c(OC)c(OC(C)=O)c3cccc(C)c23)cc1. The van der Waals surface area contributed by atoms with E-state index in [1.807, 2.05) is 32.0 Å². The van der Waals surface area contributed by atoms with Crippen LogP contribution in [0.5, 0.6) is 23.0 Å². The van der Waals surface area contributed by atoms with Crippen molar-refractivity contribution in [3.63, 3.8) is 0 Å². The number of hydrogen-bond acceptors (Lipinski definition) is 5. The first-order valence-electron chi connectivity index (χ1n) is 10.0. The van der Waals surface area contributed by atoms with Gasteiger partial charge in [-0.1, -0.05) is 49.4 Å². The molecule has 0 aliphatic rings. The summed E-state index contributed by atoms with van der Waals surface area (Å²) in [7, 11) is 3.07. The van der Waals surface area contributed by atoms with Gasteiger partial charge in [0.1, 0.15) is 6.10 Å². The molecule has 0 amide bonds. The number of benzene rings is 3. The molecular weight excluding hydrogens is 380 g/mol. The smallest absolute Gasteiger partial charge is 0.308 e. The van der Waals surface area contributed by atoms with Crippen molar-refractivity contribution < 1.29 is 23.7 Å². The largest absolute Gasteiger partial charge is 0.490 e. The quantitative estimate of drug-likeness (QED) is 0.366. The molecule has 0 heterocycles. The van der Waals surface area contributed by atoms with Gasteiger partial charge in [0.25, 0.3) is 0 Å². The Hall–Kier alpha value is -3.21. The number of methoxy groups -OCH3 is 2. The Bertz CT molecular complexity index is 1050. The zero-order chi connectivity index (χ0) is 21.8. The lowest BCUT2D eigenvalue weighted by Gasteiger charge is -2.23. The maximum Gasteiger partial charge on any atom is 0.308 e. The topological polar surface area (TPSA) is 54.0 Å². The average Bonchev–Trinajstić information content (AvgIpc) is 2.74. The second kappa shape index (κ2) is 9.08. The van der Waals surface area contributed by atoms with Crippen molar-refractivity contribution in [1.82, 2.24) is 0 Å². The van der Waals surface area contributed by atoms with Crippen LogP contribution in [0.3, 0.4) is 0 Å². The molecule has 5 heteroatoms. The van der Waals surface area contributed by atoms with Crippen molar-refractivity contribution in [2.24, 2.45) is 0 Å². The fourth-order valence-corrected chi connectivity index (χ4v) is 3.60. The van der Waals surface area contributed by atoms with Gasteiger partial charge in [-0.05, 0) is 37.0 Å². The summed E-state index contributed by atoms with van der Waals surface area (Å²) in [5.41, 5.74) is 3.31. The zero-order valence-electron chi connectivity index (χ0n) is 18.4. The van der Waals surface area contributed by atoms with Gasteiger partial charge < -0.3 is 18.9 Å². The number of carbonyl (C=O) groups is 1. The van der Waals surface area contributed by atoms with Crippen LogP contribution in [0, 0.1) is 6.92 Å². The molecule has 0 aliphatic carbocycles. The van der Waals surface area contributed by atoms with Crippen molar-refractivity contribution in [3.05, 3.63) is 59.2 Å². The molecule has 30 heavy (non-hydrogen) atoms. The van der Waals surface area contributed by atoms with E-state index >= 15 is 0 Å². The third-order valence-corrected chi connectivity index (χ3v) is 5.17. The van der Waals surface area contributed by atoms with Crippen LogP contribution in [-0.4, -0.2) is 20.2 Å². The van der Waals surface area contributed by atoms with Gasteiger partial charge in [-0.15, -0.1) is 0 Å². The molecule has 1 unspecified atom stereocenters. The van der Waals surface area contributed by atoms with E-state index in [1.54, 1.807) is 7.11 Å². The van der Waals surface area contributed by atoms with Gasteiger partial charge in [0, 0.05) is 17.7 Å². The molecule has 3 rings (SSSR count). The first-order chi connectivity index (χ1) is 14.4. The van der Waals surface area contributed by atoms with E-state index in [2.05, 4.69) is 31.2 Å². The summed E-state index contributed by atoms with van der Waals surface area (Å²) in [6.45, 7) is 7.47. The van der Waals surface area contributed by atoms with Crippen LogP contribution in [0.2, 0.25) is 0 Å². The number of hydrogen-bond donors (Lipinski definition) is 0. The lowest BCUT2D eigenvalue weighted by atomic mass is 10.0. The maximum absolute atomic E-state index is 11.8. The monoisotopic (exact) mass is 408 g/mol. The molecule has 0 fully saturated rings. The summed E-state index contributed by atoms with van der Waals surface area (Å²) in [6.07, 6.45) is 0.763. The van der Waals surface area contributed by atoms with Crippen LogP contribution >= 0.6 is 0 Å². The summed E-state index contributed by atoms with van der Waals surface area (Å²) >= 11 is 0. The van der Waals surface area contributed by atoms with E-state index < -0.39 is 5.97 Å². The highest BCUT2D eigenvalue weighted by Gasteiger charge is 2.27. The number of aryl methyl sites for hydroxylation is 2.